The predicted octanol–water partition coefficient (Wildman–Crippen LogP) is 1.86. The van der Waals surface area contributed by atoms with Crippen LogP contribution < -0.4 is 0 Å². The molecule has 0 radical (unpaired) electrons. The van der Waals surface area contributed by atoms with E-state index in [4.69, 9.17) is 16.4 Å². The number of hydrogen-bond acceptors (Lipinski definition) is 4. The molecule has 17 heavy (non-hydrogen) atoms. The van der Waals surface area contributed by atoms with Gasteiger partial charge in [-0.3, -0.25) is 4.79 Å². The number of rotatable bonds is 1. The fourth-order valence-corrected chi connectivity index (χ4v) is 1.77. The molecule has 0 aromatic heterocycles. The zero-order valence-corrected chi connectivity index (χ0v) is 11.5. The van der Waals surface area contributed by atoms with E-state index in [9.17, 15) is 9.59 Å². The maximum absolute atomic E-state index is 11.7. The van der Waals surface area contributed by atoms with Gasteiger partial charge in [0.25, 0.3) is 0 Å². The Balaban J connectivity index is 2.51. The van der Waals surface area contributed by atoms with Gasteiger partial charge in [0.15, 0.2) is 0 Å². The molecule has 6 heteroatoms. The maximum Gasteiger partial charge on any atom is 0.330 e. The highest BCUT2D eigenvalue weighted by molar-refractivity contribution is 6.62. The van der Waals surface area contributed by atoms with Crippen LogP contribution in [0.1, 0.15) is 27.7 Å². The van der Waals surface area contributed by atoms with Crippen LogP contribution >= 0.6 is 11.6 Å². The van der Waals surface area contributed by atoms with Crippen LogP contribution in [0.25, 0.3) is 0 Å². The molecule has 1 amide bonds. The third-order valence-electron chi connectivity index (χ3n) is 2.64. The quantitative estimate of drug-likeness (QED) is 0.535. The van der Waals surface area contributed by atoms with E-state index in [2.05, 4.69) is 0 Å². The lowest BCUT2D eigenvalue weighted by Gasteiger charge is -2.38. The molecule has 1 saturated heterocycles. The van der Waals surface area contributed by atoms with Crippen LogP contribution in [0.4, 0.5) is 4.79 Å². The number of carbonyl (C=O) groups excluding carboxylic acids is 2. The molecule has 1 aliphatic rings. The minimum Gasteiger partial charge on any atom is -0.367 e. The molecule has 0 unspecified atom stereocenters. The zero-order chi connectivity index (χ0) is 13.2. The second-order valence-corrected chi connectivity index (χ2v) is 5.64. The Morgan fingerprint density at radius 2 is 1.88 bits per heavy atom. The summed E-state index contributed by atoms with van der Waals surface area (Å²) >= 11 is 5.44. The summed E-state index contributed by atoms with van der Waals surface area (Å²) in [6.07, 6.45) is 0. The topological polar surface area (TPSA) is 49.9 Å². The Morgan fingerprint density at radius 1 is 1.29 bits per heavy atom. The van der Waals surface area contributed by atoms with E-state index in [0.717, 1.165) is 0 Å². The first-order valence-corrected chi connectivity index (χ1v) is 6.03. The van der Waals surface area contributed by atoms with Crippen LogP contribution in [0, 0.1) is 5.41 Å². The molecule has 0 aromatic rings. The highest BCUT2D eigenvalue weighted by atomic mass is 35.5. The molecular formula is C11H19ClN2O3. The summed E-state index contributed by atoms with van der Waals surface area (Å²) in [5, 5.41) is 1.13. The van der Waals surface area contributed by atoms with Gasteiger partial charge in [0.1, 0.15) is 0 Å². The molecule has 1 aliphatic heterocycles. The van der Waals surface area contributed by atoms with E-state index in [1.54, 1.807) is 30.7 Å². The van der Waals surface area contributed by atoms with Crippen molar-refractivity contribution in [2.45, 2.75) is 33.7 Å². The Labute approximate surface area is 107 Å². The standard InChI is InChI=1S/C11H19ClN2O3/c1-8-7-13(5-6-14(8)10(12)16)17-9(15)11(2,3)4/h8H,5-7H2,1-4H3/t8-/m1/s1. The fourth-order valence-electron chi connectivity index (χ4n) is 1.52. The molecule has 0 saturated carbocycles. The highest BCUT2D eigenvalue weighted by Gasteiger charge is 2.31. The lowest BCUT2D eigenvalue weighted by atomic mass is 9.98. The number of carbonyl (C=O) groups is 2. The van der Waals surface area contributed by atoms with Gasteiger partial charge in [0.2, 0.25) is 0 Å². The van der Waals surface area contributed by atoms with Crippen molar-refractivity contribution >= 4 is 22.9 Å². The first-order valence-electron chi connectivity index (χ1n) is 5.65. The maximum atomic E-state index is 11.7. The third kappa shape index (κ3) is 3.85. The summed E-state index contributed by atoms with van der Waals surface area (Å²) in [6.45, 7) is 8.73. The molecule has 0 aliphatic carbocycles. The fraction of sp³-hybridized carbons (Fsp3) is 0.818. The van der Waals surface area contributed by atoms with E-state index in [1.807, 2.05) is 6.92 Å². The van der Waals surface area contributed by atoms with Crippen LogP contribution in [0.3, 0.4) is 0 Å². The summed E-state index contributed by atoms with van der Waals surface area (Å²) in [7, 11) is 0. The van der Waals surface area contributed by atoms with Crippen LogP contribution in [-0.4, -0.2) is 47.0 Å². The Bertz CT molecular complexity index is 314. The summed E-state index contributed by atoms with van der Waals surface area (Å²) in [5.74, 6) is -0.268. The summed E-state index contributed by atoms with van der Waals surface area (Å²) in [5.41, 5.74) is -0.525. The van der Waals surface area contributed by atoms with Gasteiger partial charge in [-0.05, 0) is 39.3 Å². The lowest BCUT2D eigenvalue weighted by molar-refractivity contribution is -0.208. The smallest absolute Gasteiger partial charge is 0.330 e. The van der Waals surface area contributed by atoms with Crippen molar-refractivity contribution in [3.05, 3.63) is 0 Å². The SMILES string of the molecule is C[C@@H]1CN(OC(=O)C(C)(C)C)CCN1C(=O)Cl. The number of hydrogen-bond donors (Lipinski definition) is 0. The van der Waals surface area contributed by atoms with Crippen molar-refractivity contribution in [2.75, 3.05) is 19.6 Å². The monoisotopic (exact) mass is 262 g/mol. The third-order valence-corrected chi connectivity index (χ3v) is 2.86. The second kappa shape index (κ2) is 5.23. The number of piperazine rings is 1. The molecule has 1 heterocycles. The summed E-state index contributed by atoms with van der Waals surface area (Å²) in [4.78, 5) is 29.6. The number of hydroxylamine groups is 2. The Hall–Kier alpha value is -0.810. The van der Waals surface area contributed by atoms with Gasteiger partial charge in [-0.1, -0.05) is 0 Å². The molecule has 0 spiro atoms. The average Bonchev–Trinajstić information content (AvgIpc) is 2.15. The highest BCUT2D eigenvalue weighted by Crippen LogP contribution is 2.18. The van der Waals surface area contributed by atoms with Crippen molar-refractivity contribution < 1.29 is 14.4 Å². The van der Waals surface area contributed by atoms with Gasteiger partial charge in [-0.2, -0.15) is 0 Å². The second-order valence-electron chi connectivity index (χ2n) is 5.31. The normalized spacial score (nSPS) is 22.4. The van der Waals surface area contributed by atoms with Crippen molar-refractivity contribution in [1.29, 1.82) is 0 Å². The molecule has 1 rings (SSSR count). The minimum atomic E-state index is -0.525. The van der Waals surface area contributed by atoms with Crippen LogP contribution in [0.15, 0.2) is 0 Å². The van der Waals surface area contributed by atoms with E-state index >= 15 is 0 Å². The minimum absolute atomic E-state index is 0.0541. The van der Waals surface area contributed by atoms with Gasteiger partial charge < -0.3 is 9.74 Å². The molecule has 0 aromatic carbocycles. The zero-order valence-electron chi connectivity index (χ0n) is 10.7. The molecule has 1 atom stereocenters. The van der Waals surface area contributed by atoms with Crippen LogP contribution in [0.2, 0.25) is 0 Å². The average molecular weight is 263 g/mol. The summed E-state index contributed by atoms with van der Waals surface area (Å²) < 4.78 is 0. The lowest BCUT2D eigenvalue weighted by Crippen LogP contribution is -2.53. The number of halogens is 1. The van der Waals surface area contributed by atoms with Crippen molar-refractivity contribution in [3.63, 3.8) is 0 Å². The van der Waals surface area contributed by atoms with Crippen molar-refractivity contribution in [3.8, 4) is 0 Å². The van der Waals surface area contributed by atoms with E-state index < -0.39 is 10.8 Å². The molecule has 98 valence electrons. The molecule has 0 N–H and O–H groups in total. The predicted molar refractivity (Wildman–Crippen MR) is 64.5 cm³/mol. The Morgan fingerprint density at radius 3 is 2.29 bits per heavy atom. The van der Waals surface area contributed by atoms with Crippen molar-refractivity contribution in [1.82, 2.24) is 9.96 Å². The number of amides is 1. The molecule has 1 fully saturated rings. The van der Waals surface area contributed by atoms with E-state index in [1.165, 1.54) is 0 Å². The van der Waals surface area contributed by atoms with Crippen LogP contribution in [0.5, 0.6) is 0 Å². The van der Waals surface area contributed by atoms with Gasteiger partial charge in [0, 0.05) is 12.6 Å². The summed E-state index contributed by atoms with van der Waals surface area (Å²) in [6, 6.07) is -0.0541. The van der Waals surface area contributed by atoms with Crippen LogP contribution in [-0.2, 0) is 9.63 Å². The first-order chi connectivity index (χ1) is 7.71. The van der Waals surface area contributed by atoms with Gasteiger partial charge in [-0.15, -0.1) is 5.06 Å². The molecule has 0 bridgehead atoms. The van der Waals surface area contributed by atoms with E-state index in [0.29, 0.717) is 19.6 Å². The van der Waals surface area contributed by atoms with Gasteiger partial charge in [-0.25, -0.2) is 4.79 Å². The van der Waals surface area contributed by atoms with Gasteiger partial charge in [0.05, 0.1) is 18.5 Å². The van der Waals surface area contributed by atoms with Gasteiger partial charge >= 0.3 is 11.3 Å². The largest absolute Gasteiger partial charge is 0.367 e. The number of nitrogens with zero attached hydrogens (tertiary/aromatic N) is 2. The molecule has 5 nitrogen and oxygen atoms in total. The molecular weight excluding hydrogens is 244 g/mol. The first kappa shape index (κ1) is 14.3. The Kier molecular flexibility index (Phi) is 4.38. The van der Waals surface area contributed by atoms with Crippen molar-refractivity contribution in [2.24, 2.45) is 5.41 Å². The van der Waals surface area contributed by atoms with E-state index in [-0.39, 0.29) is 12.0 Å².